The molecule has 0 amide bonds. The van der Waals surface area contributed by atoms with Gasteiger partial charge in [-0.3, -0.25) is 9.36 Å². The summed E-state index contributed by atoms with van der Waals surface area (Å²) in [4.78, 5) is 29.8. The second-order valence-corrected chi connectivity index (χ2v) is 7.80. The number of aromatic amines is 1. The van der Waals surface area contributed by atoms with Gasteiger partial charge in [0.15, 0.2) is 4.77 Å². The highest BCUT2D eigenvalue weighted by Crippen LogP contribution is 2.21. The predicted octanol–water partition coefficient (Wildman–Crippen LogP) is 4.30. The number of carbonyl (C=O) groups is 1. The fraction of sp³-hybridized carbons (Fsp3) is 0.316. The molecule has 0 spiro atoms. The van der Waals surface area contributed by atoms with E-state index in [1.807, 2.05) is 32.0 Å². The van der Waals surface area contributed by atoms with Gasteiger partial charge in [-0.05, 0) is 56.2 Å². The van der Waals surface area contributed by atoms with Gasteiger partial charge in [-0.1, -0.05) is 19.1 Å². The van der Waals surface area contributed by atoms with Crippen LogP contribution in [0.2, 0.25) is 0 Å². The third-order valence-corrected chi connectivity index (χ3v) is 5.46. The molecule has 1 N–H and O–H groups in total. The molecule has 0 saturated carbocycles. The predicted molar refractivity (Wildman–Crippen MR) is 107 cm³/mol. The number of aromatic nitrogens is 2. The van der Waals surface area contributed by atoms with Crippen LogP contribution >= 0.6 is 23.6 Å². The Morgan fingerprint density at radius 1 is 1.31 bits per heavy atom. The van der Waals surface area contributed by atoms with E-state index in [9.17, 15) is 9.59 Å². The lowest BCUT2D eigenvalue weighted by Crippen LogP contribution is -2.22. The molecule has 2 heterocycles. The average Bonchev–Trinajstić information content (AvgIpc) is 3.01. The Morgan fingerprint density at radius 2 is 2.00 bits per heavy atom. The third-order valence-electron chi connectivity index (χ3n) is 3.95. The molecule has 3 rings (SSSR count). The number of rotatable bonds is 5. The SMILES string of the molecule is CCc1cc2c(=O)n(Cc3ccc(C(=O)OC(C)C)cc3)c(=S)[nH]c2s1. The van der Waals surface area contributed by atoms with E-state index in [0.717, 1.165) is 21.7 Å². The third kappa shape index (κ3) is 3.78. The first-order valence-electron chi connectivity index (χ1n) is 8.44. The van der Waals surface area contributed by atoms with E-state index in [-0.39, 0.29) is 17.6 Å². The van der Waals surface area contributed by atoms with Crippen LogP contribution in [0.3, 0.4) is 0 Å². The summed E-state index contributed by atoms with van der Waals surface area (Å²) in [6.45, 7) is 6.03. The number of aryl methyl sites for hydroxylation is 1. The Labute approximate surface area is 160 Å². The highest BCUT2D eigenvalue weighted by Gasteiger charge is 2.11. The molecule has 3 aromatic rings. The number of hydrogen-bond acceptors (Lipinski definition) is 5. The minimum Gasteiger partial charge on any atom is -0.459 e. The van der Waals surface area contributed by atoms with Crippen LogP contribution in [0.25, 0.3) is 10.2 Å². The number of nitrogens with zero attached hydrogens (tertiary/aromatic N) is 1. The number of hydrogen-bond donors (Lipinski definition) is 1. The van der Waals surface area contributed by atoms with Crippen LogP contribution in [-0.2, 0) is 17.7 Å². The molecular weight excluding hydrogens is 368 g/mol. The highest BCUT2D eigenvalue weighted by atomic mass is 32.1. The maximum Gasteiger partial charge on any atom is 0.338 e. The number of esters is 1. The average molecular weight is 389 g/mol. The van der Waals surface area contributed by atoms with Crippen molar-refractivity contribution < 1.29 is 9.53 Å². The molecular formula is C19H20N2O3S2. The molecule has 0 aliphatic carbocycles. The summed E-state index contributed by atoms with van der Waals surface area (Å²) >= 11 is 6.93. The molecule has 0 radical (unpaired) electrons. The van der Waals surface area contributed by atoms with Gasteiger partial charge in [0, 0.05) is 4.88 Å². The molecule has 0 saturated heterocycles. The van der Waals surface area contributed by atoms with E-state index in [1.54, 1.807) is 28.0 Å². The van der Waals surface area contributed by atoms with Gasteiger partial charge in [0.2, 0.25) is 0 Å². The summed E-state index contributed by atoms with van der Waals surface area (Å²) in [6.07, 6.45) is 0.720. The lowest BCUT2D eigenvalue weighted by atomic mass is 10.1. The zero-order valence-corrected chi connectivity index (χ0v) is 16.5. The number of ether oxygens (including phenoxy) is 1. The zero-order valence-electron chi connectivity index (χ0n) is 14.9. The molecule has 7 heteroatoms. The van der Waals surface area contributed by atoms with E-state index in [4.69, 9.17) is 17.0 Å². The van der Waals surface area contributed by atoms with Crippen molar-refractivity contribution >= 4 is 39.7 Å². The van der Waals surface area contributed by atoms with E-state index in [0.29, 0.717) is 22.3 Å². The van der Waals surface area contributed by atoms with Gasteiger partial charge in [0.1, 0.15) is 4.83 Å². The lowest BCUT2D eigenvalue weighted by Gasteiger charge is -2.09. The van der Waals surface area contributed by atoms with Gasteiger partial charge in [0.25, 0.3) is 5.56 Å². The molecule has 136 valence electrons. The Morgan fingerprint density at radius 3 is 2.62 bits per heavy atom. The zero-order chi connectivity index (χ0) is 18.8. The Kier molecular flexibility index (Phi) is 5.38. The monoisotopic (exact) mass is 388 g/mol. The molecule has 0 atom stereocenters. The molecule has 0 aliphatic heterocycles. The van der Waals surface area contributed by atoms with Crippen LogP contribution < -0.4 is 5.56 Å². The van der Waals surface area contributed by atoms with Crippen molar-refractivity contribution in [1.29, 1.82) is 0 Å². The second kappa shape index (κ2) is 7.55. The van der Waals surface area contributed by atoms with Gasteiger partial charge in [0.05, 0.1) is 23.6 Å². The molecule has 2 aromatic heterocycles. The fourth-order valence-corrected chi connectivity index (χ4v) is 3.93. The van der Waals surface area contributed by atoms with Crippen molar-refractivity contribution in [2.24, 2.45) is 0 Å². The Bertz CT molecular complexity index is 1060. The summed E-state index contributed by atoms with van der Waals surface area (Å²) in [6, 6.07) is 8.96. The molecule has 0 bridgehead atoms. The van der Waals surface area contributed by atoms with Gasteiger partial charge in [-0.25, -0.2) is 4.79 Å². The van der Waals surface area contributed by atoms with Gasteiger partial charge in [-0.2, -0.15) is 0 Å². The van der Waals surface area contributed by atoms with Gasteiger partial charge < -0.3 is 9.72 Å². The fourth-order valence-electron chi connectivity index (χ4n) is 2.62. The van der Waals surface area contributed by atoms with Crippen molar-refractivity contribution in [3.05, 3.63) is 61.5 Å². The minimum absolute atomic E-state index is 0.0944. The van der Waals surface area contributed by atoms with Gasteiger partial charge >= 0.3 is 5.97 Å². The van der Waals surface area contributed by atoms with E-state index in [2.05, 4.69) is 11.9 Å². The summed E-state index contributed by atoms with van der Waals surface area (Å²) in [5.74, 6) is -0.354. The smallest absolute Gasteiger partial charge is 0.338 e. The van der Waals surface area contributed by atoms with Crippen LogP contribution in [0, 0.1) is 4.77 Å². The number of nitrogens with one attached hydrogen (secondary N) is 1. The first-order valence-corrected chi connectivity index (χ1v) is 9.67. The number of thiophene rings is 1. The summed E-state index contributed by atoms with van der Waals surface area (Å²) in [7, 11) is 0. The second-order valence-electron chi connectivity index (χ2n) is 6.28. The number of benzene rings is 1. The summed E-state index contributed by atoms with van der Waals surface area (Å²) < 4.78 is 7.12. The largest absolute Gasteiger partial charge is 0.459 e. The Hall–Kier alpha value is -2.25. The minimum atomic E-state index is -0.354. The maximum absolute atomic E-state index is 12.8. The molecule has 1 aromatic carbocycles. The first kappa shape index (κ1) is 18.5. The standard InChI is InChI=1S/C19H20N2O3S2/c1-4-14-9-15-16(26-14)20-19(25)21(17(15)22)10-12-5-7-13(8-6-12)18(23)24-11(2)3/h5-9,11H,4,10H2,1-3H3,(H,20,25). The van der Waals surface area contributed by atoms with Crippen LogP contribution in [-0.4, -0.2) is 21.6 Å². The van der Waals surface area contributed by atoms with Crippen molar-refractivity contribution in [2.75, 3.05) is 0 Å². The van der Waals surface area contributed by atoms with Crippen molar-refractivity contribution in [3.8, 4) is 0 Å². The molecule has 0 unspecified atom stereocenters. The first-order chi connectivity index (χ1) is 12.4. The van der Waals surface area contributed by atoms with E-state index in [1.165, 1.54) is 0 Å². The highest BCUT2D eigenvalue weighted by molar-refractivity contribution is 7.71. The van der Waals surface area contributed by atoms with Crippen LogP contribution in [0.5, 0.6) is 0 Å². The number of carbonyl (C=O) groups excluding carboxylic acids is 1. The topological polar surface area (TPSA) is 64.1 Å². The Balaban J connectivity index is 1.90. The normalized spacial score (nSPS) is 11.2. The molecule has 26 heavy (non-hydrogen) atoms. The number of H-pyrrole nitrogens is 1. The van der Waals surface area contributed by atoms with Crippen molar-refractivity contribution in [3.63, 3.8) is 0 Å². The van der Waals surface area contributed by atoms with Crippen molar-refractivity contribution in [1.82, 2.24) is 9.55 Å². The van der Waals surface area contributed by atoms with Crippen LogP contribution in [0.4, 0.5) is 0 Å². The summed E-state index contributed by atoms with van der Waals surface area (Å²) in [5.41, 5.74) is 1.28. The number of fused-ring (bicyclic) bond motifs is 1. The maximum atomic E-state index is 12.8. The van der Waals surface area contributed by atoms with E-state index < -0.39 is 0 Å². The molecule has 0 fully saturated rings. The van der Waals surface area contributed by atoms with Crippen LogP contribution in [0.15, 0.2) is 35.1 Å². The lowest BCUT2D eigenvalue weighted by molar-refractivity contribution is 0.0378. The molecule has 5 nitrogen and oxygen atoms in total. The van der Waals surface area contributed by atoms with Gasteiger partial charge in [-0.15, -0.1) is 11.3 Å². The van der Waals surface area contributed by atoms with Crippen molar-refractivity contribution in [2.45, 2.75) is 39.8 Å². The summed E-state index contributed by atoms with van der Waals surface area (Å²) in [5, 5.41) is 0.664. The van der Waals surface area contributed by atoms with E-state index >= 15 is 0 Å². The van der Waals surface area contributed by atoms with Crippen LogP contribution in [0.1, 0.15) is 41.6 Å². The quantitative estimate of drug-likeness (QED) is 0.523. The molecule has 0 aliphatic rings.